The smallest absolute Gasteiger partial charge is 1.00 e. The molecule has 0 radical (unpaired) electrons. The molecule has 19 heavy (non-hydrogen) atoms. The van der Waals surface area contributed by atoms with Crippen molar-refractivity contribution in [1.82, 2.24) is 0 Å². The third-order valence-corrected chi connectivity index (χ3v) is 2.61. The van der Waals surface area contributed by atoms with Crippen LogP contribution in [0.3, 0.4) is 0 Å². The molecule has 0 aromatic heterocycles. The Morgan fingerprint density at radius 1 is 0.421 bits per heavy atom. The van der Waals surface area contributed by atoms with Gasteiger partial charge < -0.3 is 49.6 Å². The number of hydrogen-bond donors (Lipinski definition) is 0. The molecule has 0 atom stereocenters. The Kier molecular flexibility index (Phi) is 13.7. The average molecular weight is 368 g/mol. The first-order valence-electron chi connectivity index (χ1n) is 4.81. The van der Waals surface area contributed by atoms with E-state index in [2.05, 4.69) is 60.7 Å². The number of benzene rings is 3. The largest absolute Gasteiger partial charge is 4.00 e. The van der Waals surface area contributed by atoms with Gasteiger partial charge in [-0.05, 0) is 33.7 Å². The van der Waals surface area contributed by atoms with Crippen LogP contribution >= 0.6 is 0 Å². The van der Waals surface area contributed by atoms with E-state index in [1.807, 2.05) is 0 Å². The van der Waals surface area contributed by atoms with Crippen LogP contribution in [0.4, 0.5) is 0 Å². The standard InChI is InChI=1S/C14H10.4ClH.Ti/c1-2-6-12-10-14-8-4-3-7-13(14)9-11(12)5-1;;;;;/h1-10H;4*1H;/q;;;;;+4/p-4. The molecule has 0 nitrogen and oxygen atoms in total. The van der Waals surface area contributed by atoms with Crippen molar-refractivity contribution in [3.63, 3.8) is 0 Å². The topological polar surface area (TPSA) is 0 Å². The Balaban J connectivity index is -0.000000512. The van der Waals surface area contributed by atoms with Gasteiger partial charge in [-0.25, -0.2) is 0 Å². The zero-order chi connectivity index (χ0) is 9.38. The van der Waals surface area contributed by atoms with Crippen molar-refractivity contribution in [3.8, 4) is 0 Å². The maximum Gasteiger partial charge on any atom is 4.00 e. The molecule has 0 aliphatic heterocycles. The van der Waals surface area contributed by atoms with Gasteiger partial charge in [0.05, 0.1) is 0 Å². The zero-order valence-electron chi connectivity index (χ0n) is 9.79. The number of hydrogen-bond acceptors (Lipinski definition) is 0. The number of rotatable bonds is 0. The predicted molar refractivity (Wildman–Crippen MR) is 61.5 cm³/mol. The Hall–Kier alpha value is 0.0543. The first-order chi connectivity index (χ1) is 6.93. The summed E-state index contributed by atoms with van der Waals surface area (Å²) in [6.07, 6.45) is 0. The van der Waals surface area contributed by atoms with Gasteiger partial charge in [0, 0.05) is 0 Å². The van der Waals surface area contributed by atoms with Gasteiger partial charge in [-0.2, -0.15) is 0 Å². The minimum Gasteiger partial charge on any atom is -1.00 e. The molecular formula is C14H10Cl4Ti. The third kappa shape index (κ3) is 5.15. The van der Waals surface area contributed by atoms with Gasteiger partial charge in [-0.1, -0.05) is 48.5 Å². The number of fused-ring (bicyclic) bond motifs is 2. The van der Waals surface area contributed by atoms with Gasteiger partial charge in [0.2, 0.25) is 0 Å². The van der Waals surface area contributed by atoms with E-state index in [9.17, 15) is 0 Å². The fourth-order valence-electron chi connectivity index (χ4n) is 1.88. The van der Waals surface area contributed by atoms with Gasteiger partial charge in [0.1, 0.15) is 0 Å². The summed E-state index contributed by atoms with van der Waals surface area (Å²) in [5.41, 5.74) is 0. The van der Waals surface area contributed by atoms with Gasteiger partial charge in [0.15, 0.2) is 0 Å². The molecule has 0 N–H and O–H groups in total. The monoisotopic (exact) mass is 366 g/mol. The molecule has 0 fully saturated rings. The third-order valence-electron chi connectivity index (χ3n) is 2.61. The Bertz CT molecular complexity index is 508. The molecule has 0 saturated carbocycles. The molecular weight excluding hydrogens is 358 g/mol. The summed E-state index contributed by atoms with van der Waals surface area (Å²) in [4.78, 5) is 0. The second-order valence-corrected chi connectivity index (χ2v) is 3.55. The molecule has 0 heterocycles. The van der Waals surface area contributed by atoms with Crippen LogP contribution in [0.15, 0.2) is 60.7 Å². The molecule has 0 aliphatic carbocycles. The minimum atomic E-state index is 0. The van der Waals surface area contributed by atoms with E-state index >= 15 is 0 Å². The molecule has 0 amide bonds. The SMILES string of the molecule is [Cl-].[Cl-].[Cl-].[Cl-].[Ti+4].c1ccc2cc3ccccc3cc2c1. The first kappa shape index (κ1) is 24.1. The normalized spacial score (nSPS) is 8.00. The van der Waals surface area contributed by atoms with E-state index in [-0.39, 0.29) is 71.3 Å². The van der Waals surface area contributed by atoms with Crippen molar-refractivity contribution >= 4 is 21.5 Å². The Morgan fingerprint density at radius 3 is 0.842 bits per heavy atom. The summed E-state index contributed by atoms with van der Waals surface area (Å²) in [6.45, 7) is 0. The first-order valence-corrected chi connectivity index (χ1v) is 4.81. The van der Waals surface area contributed by atoms with E-state index < -0.39 is 0 Å². The molecule has 0 unspecified atom stereocenters. The van der Waals surface area contributed by atoms with Crippen molar-refractivity contribution in [3.05, 3.63) is 60.7 Å². The Morgan fingerprint density at radius 2 is 0.632 bits per heavy atom. The quantitative estimate of drug-likeness (QED) is 0.273. The summed E-state index contributed by atoms with van der Waals surface area (Å²) in [5, 5.41) is 5.25. The van der Waals surface area contributed by atoms with Crippen molar-refractivity contribution in [1.29, 1.82) is 0 Å². The summed E-state index contributed by atoms with van der Waals surface area (Å²) in [5.74, 6) is 0. The van der Waals surface area contributed by atoms with Crippen LogP contribution in [-0.2, 0) is 21.7 Å². The van der Waals surface area contributed by atoms with Crippen LogP contribution in [0.5, 0.6) is 0 Å². The van der Waals surface area contributed by atoms with Gasteiger partial charge >= 0.3 is 21.7 Å². The van der Waals surface area contributed by atoms with Gasteiger partial charge in [-0.15, -0.1) is 0 Å². The summed E-state index contributed by atoms with van der Waals surface area (Å²) < 4.78 is 0. The molecule has 5 heteroatoms. The van der Waals surface area contributed by atoms with E-state index in [0.717, 1.165) is 0 Å². The summed E-state index contributed by atoms with van der Waals surface area (Å²) in [7, 11) is 0. The van der Waals surface area contributed by atoms with Crippen LogP contribution < -0.4 is 49.6 Å². The average Bonchev–Trinajstić information content (AvgIpc) is 2.26. The van der Waals surface area contributed by atoms with E-state index in [1.165, 1.54) is 21.5 Å². The van der Waals surface area contributed by atoms with Crippen LogP contribution in [-0.4, -0.2) is 0 Å². The van der Waals surface area contributed by atoms with Gasteiger partial charge in [0.25, 0.3) is 0 Å². The van der Waals surface area contributed by atoms with E-state index in [4.69, 9.17) is 0 Å². The molecule has 3 aromatic rings. The fourth-order valence-corrected chi connectivity index (χ4v) is 1.88. The molecule has 0 aliphatic rings. The molecule has 3 aromatic carbocycles. The molecule has 0 spiro atoms. The van der Waals surface area contributed by atoms with Crippen molar-refractivity contribution < 1.29 is 71.3 Å². The second-order valence-electron chi connectivity index (χ2n) is 3.55. The van der Waals surface area contributed by atoms with Crippen LogP contribution in [0.25, 0.3) is 21.5 Å². The maximum atomic E-state index is 2.24. The second kappa shape index (κ2) is 10.8. The zero-order valence-corrected chi connectivity index (χ0v) is 14.4. The van der Waals surface area contributed by atoms with Crippen LogP contribution in [0, 0.1) is 0 Å². The van der Waals surface area contributed by atoms with Crippen molar-refractivity contribution in [2.45, 2.75) is 0 Å². The molecule has 3 rings (SSSR count). The summed E-state index contributed by atoms with van der Waals surface area (Å²) in [6, 6.07) is 21.4. The van der Waals surface area contributed by atoms with Crippen LogP contribution in [0.2, 0.25) is 0 Å². The van der Waals surface area contributed by atoms with Crippen molar-refractivity contribution in [2.24, 2.45) is 0 Å². The van der Waals surface area contributed by atoms with E-state index in [1.54, 1.807) is 0 Å². The fraction of sp³-hybridized carbons (Fsp3) is 0. The molecule has 0 bridgehead atoms. The van der Waals surface area contributed by atoms with Gasteiger partial charge in [-0.3, -0.25) is 0 Å². The minimum absolute atomic E-state index is 0. The predicted octanol–water partition coefficient (Wildman–Crippen LogP) is -7.99. The Labute approximate surface area is 152 Å². The number of halogens is 4. The van der Waals surface area contributed by atoms with Crippen molar-refractivity contribution in [2.75, 3.05) is 0 Å². The summed E-state index contributed by atoms with van der Waals surface area (Å²) >= 11 is 0. The molecule has 98 valence electrons. The van der Waals surface area contributed by atoms with E-state index in [0.29, 0.717) is 0 Å². The van der Waals surface area contributed by atoms with Crippen LogP contribution in [0.1, 0.15) is 0 Å². The molecule has 0 saturated heterocycles. The maximum absolute atomic E-state index is 2.24.